The Morgan fingerprint density at radius 1 is 1.12 bits per heavy atom. The Balaban J connectivity index is 1.82. The van der Waals surface area contributed by atoms with Crippen molar-refractivity contribution in [3.8, 4) is 0 Å². The van der Waals surface area contributed by atoms with Crippen LogP contribution in [0.25, 0.3) is 0 Å². The first-order valence-electron chi connectivity index (χ1n) is 6.73. The van der Waals surface area contributed by atoms with Crippen molar-refractivity contribution in [3.63, 3.8) is 0 Å². The number of unbranched alkanes of at least 4 members (excludes halogenated alkanes) is 3. The van der Waals surface area contributed by atoms with E-state index in [4.69, 9.17) is 0 Å². The lowest BCUT2D eigenvalue weighted by atomic mass is 10.0. The molecule has 1 aromatic carbocycles. The van der Waals surface area contributed by atoms with Crippen molar-refractivity contribution in [2.75, 3.05) is 0 Å². The number of carbonyl (C=O) groups excluding carboxylic acids is 1. The molecule has 0 atom stereocenters. The second-order valence-corrected chi connectivity index (χ2v) is 5.00. The van der Waals surface area contributed by atoms with Gasteiger partial charge in [-0.2, -0.15) is 0 Å². The summed E-state index contributed by atoms with van der Waals surface area (Å²) in [6, 6.07) is 8.22. The van der Waals surface area contributed by atoms with E-state index in [0.717, 1.165) is 31.2 Å². The zero-order valence-electron chi connectivity index (χ0n) is 10.5. The highest BCUT2D eigenvalue weighted by Gasteiger charge is 2.30. The lowest BCUT2D eigenvalue weighted by Crippen LogP contribution is -2.01. The van der Waals surface area contributed by atoms with Gasteiger partial charge in [-0.3, -0.25) is 4.79 Å². The summed E-state index contributed by atoms with van der Waals surface area (Å²) in [6.45, 7) is 3.85. The molecule has 0 amide bonds. The fourth-order valence-electron chi connectivity index (χ4n) is 2.10. The predicted molar refractivity (Wildman–Crippen MR) is 71.0 cm³/mol. The van der Waals surface area contributed by atoms with E-state index in [0.29, 0.717) is 11.7 Å². The Labute approximate surface area is 104 Å². The van der Waals surface area contributed by atoms with Crippen LogP contribution in [0.15, 0.2) is 24.3 Å². The van der Waals surface area contributed by atoms with Crippen molar-refractivity contribution in [1.29, 1.82) is 0 Å². The van der Waals surface area contributed by atoms with Crippen LogP contribution in [0.1, 0.15) is 54.4 Å². The summed E-state index contributed by atoms with van der Waals surface area (Å²) in [4.78, 5) is 11.8. The summed E-state index contributed by atoms with van der Waals surface area (Å²) in [6.07, 6.45) is 8.04. The summed E-state index contributed by atoms with van der Waals surface area (Å²) in [5, 5.41) is 0. The Morgan fingerprint density at radius 3 is 2.41 bits per heavy atom. The molecule has 0 heterocycles. The van der Waals surface area contributed by atoms with Crippen molar-refractivity contribution >= 4 is 5.78 Å². The lowest BCUT2D eigenvalue weighted by Gasteiger charge is -2.03. The Hall–Kier alpha value is -1.11. The van der Waals surface area contributed by atoms with Crippen LogP contribution in [-0.4, -0.2) is 5.78 Å². The third-order valence-electron chi connectivity index (χ3n) is 3.40. The molecule has 0 N–H and O–H groups in total. The SMILES string of the molecule is [CH2]CCCCCc1ccc(C(=O)C2CC2)cc1. The number of aryl methyl sites for hydroxylation is 1. The van der Waals surface area contributed by atoms with Crippen LogP contribution in [0.3, 0.4) is 0 Å². The maximum Gasteiger partial charge on any atom is 0.165 e. The topological polar surface area (TPSA) is 17.1 Å². The first kappa shape index (κ1) is 12.3. The van der Waals surface area contributed by atoms with E-state index < -0.39 is 0 Å². The first-order chi connectivity index (χ1) is 8.31. The molecule has 0 aliphatic heterocycles. The number of ketones is 1. The van der Waals surface area contributed by atoms with Crippen molar-refractivity contribution in [3.05, 3.63) is 42.3 Å². The van der Waals surface area contributed by atoms with Crippen LogP contribution in [0.2, 0.25) is 0 Å². The second kappa shape index (κ2) is 6.00. The molecule has 0 spiro atoms. The average molecular weight is 229 g/mol. The third-order valence-corrected chi connectivity index (χ3v) is 3.40. The van der Waals surface area contributed by atoms with Crippen LogP contribution >= 0.6 is 0 Å². The van der Waals surface area contributed by atoms with Gasteiger partial charge in [-0.15, -0.1) is 0 Å². The van der Waals surface area contributed by atoms with Gasteiger partial charge in [0.15, 0.2) is 5.78 Å². The van der Waals surface area contributed by atoms with Crippen LogP contribution in [0, 0.1) is 12.8 Å². The standard InChI is InChI=1S/C16H21O/c1-2-3-4-5-6-13-7-9-14(10-8-13)16(17)15-11-12-15/h7-10,15H,1-6,11-12H2. The number of hydrogen-bond donors (Lipinski definition) is 0. The quantitative estimate of drug-likeness (QED) is 0.505. The minimum atomic E-state index is 0.331. The minimum absolute atomic E-state index is 0.331. The Morgan fingerprint density at radius 2 is 1.82 bits per heavy atom. The molecule has 1 radical (unpaired) electrons. The van der Waals surface area contributed by atoms with Gasteiger partial charge in [0, 0.05) is 11.5 Å². The number of benzene rings is 1. The van der Waals surface area contributed by atoms with E-state index in [9.17, 15) is 4.79 Å². The minimum Gasteiger partial charge on any atom is -0.294 e. The fourth-order valence-corrected chi connectivity index (χ4v) is 2.10. The highest BCUT2D eigenvalue weighted by Crippen LogP contribution is 2.32. The third kappa shape index (κ3) is 3.69. The molecule has 0 unspecified atom stereocenters. The molecule has 1 nitrogen and oxygen atoms in total. The summed E-state index contributed by atoms with van der Waals surface area (Å²) in [5.74, 6) is 0.673. The summed E-state index contributed by atoms with van der Waals surface area (Å²) < 4.78 is 0. The number of hydrogen-bond acceptors (Lipinski definition) is 1. The zero-order valence-corrected chi connectivity index (χ0v) is 10.5. The van der Waals surface area contributed by atoms with E-state index in [-0.39, 0.29) is 0 Å². The van der Waals surface area contributed by atoms with Gasteiger partial charge < -0.3 is 0 Å². The van der Waals surface area contributed by atoms with Crippen molar-refractivity contribution < 1.29 is 4.79 Å². The molecule has 1 aliphatic carbocycles. The molecule has 1 heteroatoms. The van der Waals surface area contributed by atoms with E-state index >= 15 is 0 Å². The lowest BCUT2D eigenvalue weighted by molar-refractivity contribution is 0.0967. The molecule has 1 aromatic rings. The maximum atomic E-state index is 11.8. The molecule has 1 fully saturated rings. The molecular weight excluding hydrogens is 208 g/mol. The average Bonchev–Trinajstić information content (AvgIpc) is 3.19. The molecule has 0 saturated heterocycles. The van der Waals surface area contributed by atoms with E-state index in [1.807, 2.05) is 12.1 Å². The summed E-state index contributed by atoms with van der Waals surface area (Å²) in [5.41, 5.74) is 2.25. The van der Waals surface area contributed by atoms with Gasteiger partial charge in [-0.25, -0.2) is 0 Å². The van der Waals surface area contributed by atoms with Crippen LogP contribution < -0.4 is 0 Å². The van der Waals surface area contributed by atoms with Gasteiger partial charge in [0.1, 0.15) is 0 Å². The summed E-state index contributed by atoms with van der Waals surface area (Å²) in [7, 11) is 0. The highest BCUT2D eigenvalue weighted by atomic mass is 16.1. The van der Waals surface area contributed by atoms with Gasteiger partial charge in [0.2, 0.25) is 0 Å². The van der Waals surface area contributed by atoms with Gasteiger partial charge in [-0.05, 0) is 31.2 Å². The monoisotopic (exact) mass is 229 g/mol. The van der Waals surface area contributed by atoms with E-state index in [2.05, 4.69) is 19.1 Å². The van der Waals surface area contributed by atoms with Crippen LogP contribution in [-0.2, 0) is 6.42 Å². The highest BCUT2D eigenvalue weighted by molar-refractivity contribution is 5.99. The molecular formula is C16H21O. The van der Waals surface area contributed by atoms with Crippen LogP contribution in [0.4, 0.5) is 0 Å². The van der Waals surface area contributed by atoms with Crippen molar-refractivity contribution in [1.82, 2.24) is 0 Å². The predicted octanol–water partition coefficient (Wildman–Crippen LogP) is 4.22. The summed E-state index contributed by atoms with van der Waals surface area (Å²) >= 11 is 0. The van der Waals surface area contributed by atoms with Gasteiger partial charge >= 0.3 is 0 Å². The molecule has 1 aliphatic rings. The number of rotatable bonds is 7. The maximum absolute atomic E-state index is 11.8. The zero-order chi connectivity index (χ0) is 12.1. The molecule has 2 rings (SSSR count). The van der Waals surface area contributed by atoms with Crippen molar-refractivity contribution in [2.24, 2.45) is 5.92 Å². The molecule has 0 aromatic heterocycles. The van der Waals surface area contributed by atoms with Gasteiger partial charge in [0.05, 0.1) is 0 Å². The molecule has 91 valence electrons. The van der Waals surface area contributed by atoms with E-state index in [1.165, 1.54) is 24.8 Å². The number of Topliss-reactive ketones (excluding diaryl/α,β-unsaturated/α-hetero) is 1. The second-order valence-electron chi connectivity index (χ2n) is 5.00. The van der Waals surface area contributed by atoms with Gasteiger partial charge in [0.25, 0.3) is 0 Å². The Bertz CT molecular complexity index is 360. The fraction of sp³-hybridized carbons (Fsp3) is 0.500. The smallest absolute Gasteiger partial charge is 0.165 e. The molecule has 17 heavy (non-hydrogen) atoms. The molecule has 0 bridgehead atoms. The van der Waals surface area contributed by atoms with Gasteiger partial charge in [-0.1, -0.05) is 50.5 Å². The Kier molecular flexibility index (Phi) is 4.36. The largest absolute Gasteiger partial charge is 0.294 e. The van der Waals surface area contributed by atoms with Crippen molar-refractivity contribution in [2.45, 2.75) is 44.9 Å². The van der Waals surface area contributed by atoms with Crippen LogP contribution in [0.5, 0.6) is 0 Å². The molecule has 1 saturated carbocycles. The normalized spacial score (nSPS) is 14.9. The number of carbonyl (C=O) groups is 1. The first-order valence-corrected chi connectivity index (χ1v) is 6.73. The van der Waals surface area contributed by atoms with E-state index in [1.54, 1.807) is 0 Å².